The number of hydrogen-bond acceptors (Lipinski definition) is 6. The molecule has 2 rings (SSSR count). The lowest BCUT2D eigenvalue weighted by Crippen LogP contribution is -2.52. The Balaban J connectivity index is 1.99. The summed E-state index contributed by atoms with van der Waals surface area (Å²) >= 11 is 1.62. The van der Waals surface area contributed by atoms with Crippen LogP contribution in [0.15, 0.2) is 11.5 Å². The number of esters is 1. The van der Waals surface area contributed by atoms with Crippen LogP contribution >= 0.6 is 11.8 Å². The normalized spacial score (nSPS) is 19.4. The number of carbonyl (C=O) groups excluding carboxylic acids is 1. The van der Waals surface area contributed by atoms with E-state index in [2.05, 4.69) is 22.3 Å². The summed E-state index contributed by atoms with van der Waals surface area (Å²) in [6.45, 7) is 4.01. The van der Waals surface area contributed by atoms with Crippen molar-refractivity contribution in [3.8, 4) is 0 Å². The highest BCUT2D eigenvalue weighted by Gasteiger charge is 2.40. The highest BCUT2D eigenvalue weighted by molar-refractivity contribution is 7.99. The zero-order valence-electron chi connectivity index (χ0n) is 12.4. The lowest BCUT2D eigenvalue weighted by atomic mass is 9.96. The van der Waals surface area contributed by atoms with Gasteiger partial charge in [0, 0.05) is 18.3 Å². The first-order valence-electron chi connectivity index (χ1n) is 6.81. The predicted octanol–water partition coefficient (Wildman–Crippen LogP) is 1.37. The van der Waals surface area contributed by atoms with E-state index in [0.29, 0.717) is 12.5 Å². The Morgan fingerprint density at radius 2 is 2.40 bits per heavy atom. The smallest absolute Gasteiger partial charge is 0.325 e. The molecule has 6 nitrogen and oxygen atoms in total. The van der Waals surface area contributed by atoms with Crippen LogP contribution in [-0.4, -0.2) is 44.7 Å². The zero-order chi connectivity index (χ0) is 14.8. The van der Waals surface area contributed by atoms with Gasteiger partial charge in [0.25, 0.3) is 0 Å². The summed E-state index contributed by atoms with van der Waals surface area (Å²) in [6, 6.07) is 0.450. The third-order valence-electron chi connectivity index (χ3n) is 3.41. The van der Waals surface area contributed by atoms with E-state index in [0.717, 1.165) is 18.0 Å². The molecule has 1 aliphatic rings. The van der Waals surface area contributed by atoms with Gasteiger partial charge in [0.05, 0.1) is 7.11 Å². The van der Waals surface area contributed by atoms with Crippen molar-refractivity contribution in [1.82, 2.24) is 20.1 Å². The second kappa shape index (κ2) is 6.13. The van der Waals surface area contributed by atoms with Crippen LogP contribution in [0.2, 0.25) is 0 Å². The highest BCUT2D eigenvalue weighted by Crippen LogP contribution is 2.30. The lowest BCUT2D eigenvalue weighted by Gasteiger charge is -2.30. The van der Waals surface area contributed by atoms with Crippen molar-refractivity contribution >= 4 is 17.7 Å². The molecule has 0 saturated heterocycles. The molecule has 2 unspecified atom stereocenters. The molecule has 2 atom stereocenters. The Bertz CT molecular complexity index is 475. The number of aromatic nitrogens is 3. The van der Waals surface area contributed by atoms with Gasteiger partial charge in [0.2, 0.25) is 0 Å². The van der Waals surface area contributed by atoms with Crippen LogP contribution in [0.1, 0.15) is 33.1 Å². The van der Waals surface area contributed by atoms with Crippen molar-refractivity contribution in [2.75, 3.05) is 7.11 Å². The number of carbonyl (C=O) groups is 1. The molecule has 1 heterocycles. The fourth-order valence-electron chi connectivity index (χ4n) is 2.29. The Morgan fingerprint density at radius 3 is 2.90 bits per heavy atom. The molecule has 0 radical (unpaired) electrons. The van der Waals surface area contributed by atoms with Crippen LogP contribution in [0, 0.1) is 0 Å². The molecular formula is C13H22N4O2S. The predicted molar refractivity (Wildman–Crippen MR) is 77.5 cm³/mol. The van der Waals surface area contributed by atoms with Crippen molar-refractivity contribution in [3.05, 3.63) is 6.33 Å². The van der Waals surface area contributed by atoms with Gasteiger partial charge in [0.1, 0.15) is 11.9 Å². The lowest BCUT2D eigenvalue weighted by molar-refractivity contribution is -0.148. The van der Waals surface area contributed by atoms with Gasteiger partial charge in [-0.15, -0.1) is 0 Å². The van der Waals surface area contributed by atoms with E-state index in [-0.39, 0.29) is 11.2 Å². The molecule has 0 aromatic carbocycles. The summed E-state index contributed by atoms with van der Waals surface area (Å²) in [5.74, 6) is -0.199. The van der Waals surface area contributed by atoms with Crippen LogP contribution in [0.25, 0.3) is 0 Å². The summed E-state index contributed by atoms with van der Waals surface area (Å²) in [7, 11) is 3.31. The molecule has 1 saturated carbocycles. The summed E-state index contributed by atoms with van der Waals surface area (Å²) < 4.78 is 6.70. The van der Waals surface area contributed by atoms with Crippen molar-refractivity contribution in [1.29, 1.82) is 0 Å². The number of methoxy groups -OCH3 is 1. The van der Waals surface area contributed by atoms with Gasteiger partial charge in [-0.25, -0.2) is 9.67 Å². The average molecular weight is 298 g/mol. The van der Waals surface area contributed by atoms with Gasteiger partial charge in [-0.3, -0.25) is 10.1 Å². The van der Waals surface area contributed by atoms with Crippen molar-refractivity contribution in [2.24, 2.45) is 7.05 Å². The third-order valence-corrected chi connectivity index (χ3v) is 4.56. The van der Waals surface area contributed by atoms with Gasteiger partial charge in [-0.05, 0) is 26.2 Å². The van der Waals surface area contributed by atoms with Gasteiger partial charge >= 0.3 is 5.97 Å². The summed E-state index contributed by atoms with van der Waals surface area (Å²) in [5, 5.41) is 8.55. The molecule has 1 fully saturated rings. The first-order chi connectivity index (χ1) is 9.44. The van der Waals surface area contributed by atoms with Crippen LogP contribution in [0.4, 0.5) is 0 Å². The van der Waals surface area contributed by atoms with Crippen molar-refractivity contribution in [3.63, 3.8) is 0 Å². The van der Waals surface area contributed by atoms with Gasteiger partial charge in [-0.1, -0.05) is 18.7 Å². The molecule has 20 heavy (non-hydrogen) atoms. The van der Waals surface area contributed by atoms with Crippen LogP contribution in [0.5, 0.6) is 0 Å². The number of aryl methyl sites for hydroxylation is 1. The van der Waals surface area contributed by atoms with Crippen LogP contribution in [0.3, 0.4) is 0 Å². The molecule has 0 amide bonds. The highest BCUT2D eigenvalue weighted by atomic mass is 32.2. The molecule has 0 spiro atoms. The Hall–Kier alpha value is -1.08. The largest absolute Gasteiger partial charge is 0.468 e. The third kappa shape index (κ3) is 3.73. The standard InChI is InChI=1S/C13H22N4O2S/c1-9(20-12-14-8-15-17(12)3)7-13(2,11(18)19-4)16-10-5-6-10/h8-10,16H,5-7H2,1-4H3. The minimum Gasteiger partial charge on any atom is -0.468 e. The Morgan fingerprint density at radius 1 is 1.70 bits per heavy atom. The molecule has 0 bridgehead atoms. The minimum atomic E-state index is -0.638. The summed E-state index contributed by atoms with van der Waals surface area (Å²) in [5.41, 5.74) is -0.638. The number of thioether (sulfide) groups is 1. The van der Waals surface area contributed by atoms with Gasteiger partial charge in [-0.2, -0.15) is 5.10 Å². The molecule has 112 valence electrons. The Labute approximate surface area is 123 Å². The molecule has 0 aliphatic heterocycles. The van der Waals surface area contributed by atoms with E-state index in [1.54, 1.807) is 16.4 Å². The SMILES string of the molecule is COC(=O)C(C)(CC(C)Sc1ncnn1C)NC1CC1. The second-order valence-corrected chi connectivity index (χ2v) is 6.95. The number of ether oxygens (including phenoxy) is 1. The topological polar surface area (TPSA) is 69.0 Å². The van der Waals surface area contributed by atoms with Crippen LogP contribution in [-0.2, 0) is 16.6 Å². The molecule has 1 aromatic rings. The second-order valence-electron chi connectivity index (χ2n) is 5.54. The number of nitrogens with zero attached hydrogens (tertiary/aromatic N) is 3. The Kier molecular flexibility index (Phi) is 4.70. The summed E-state index contributed by atoms with van der Waals surface area (Å²) in [4.78, 5) is 16.3. The summed E-state index contributed by atoms with van der Waals surface area (Å²) in [6.07, 6.45) is 4.50. The molecule has 1 aliphatic carbocycles. The van der Waals surface area contributed by atoms with Gasteiger partial charge < -0.3 is 4.74 Å². The van der Waals surface area contributed by atoms with Gasteiger partial charge in [0.15, 0.2) is 5.16 Å². The van der Waals surface area contributed by atoms with E-state index >= 15 is 0 Å². The molecule has 1 N–H and O–H groups in total. The van der Waals surface area contributed by atoms with Crippen molar-refractivity contribution in [2.45, 2.75) is 55.1 Å². The van der Waals surface area contributed by atoms with Crippen LogP contribution < -0.4 is 5.32 Å². The average Bonchev–Trinajstić information content (AvgIpc) is 3.11. The van der Waals surface area contributed by atoms with E-state index < -0.39 is 5.54 Å². The fraction of sp³-hybridized carbons (Fsp3) is 0.769. The maximum atomic E-state index is 12.1. The number of rotatable bonds is 7. The van der Waals surface area contributed by atoms with Crippen molar-refractivity contribution < 1.29 is 9.53 Å². The number of hydrogen-bond donors (Lipinski definition) is 1. The first-order valence-corrected chi connectivity index (χ1v) is 7.69. The first kappa shape index (κ1) is 15.3. The monoisotopic (exact) mass is 298 g/mol. The van der Waals surface area contributed by atoms with E-state index in [9.17, 15) is 4.79 Å². The van der Waals surface area contributed by atoms with E-state index in [4.69, 9.17) is 4.74 Å². The van der Waals surface area contributed by atoms with E-state index in [1.807, 2.05) is 14.0 Å². The maximum absolute atomic E-state index is 12.1. The fourth-order valence-corrected chi connectivity index (χ4v) is 3.38. The zero-order valence-corrected chi connectivity index (χ0v) is 13.2. The number of nitrogens with one attached hydrogen (secondary N) is 1. The van der Waals surface area contributed by atoms with E-state index in [1.165, 1.54) is 13.4 Å². The molecular weight excluding hydrogens is 276 g/mol. The quantitative estimate of drug-likeness (QED) is 0.606. The maximum Gasteiger partial charge on any atom is 0.325 e. The molecule has 7 heteroatoms. The molecule has 1 aromatic heterocycles. The minimum absolute atomic E-state index is 0.199.